The minimum Gasteiger partial charge on any atom is -0.495 e. The van der Waals surface area contributed by atoms with E-state index in [4.69, 9.17) is 4.74 Å². The van der Waals surface area contributed by atoms with Gasteiger partial charge in [0, 0.05) is 4.88 Å². The topological polar surface area (TPSA) is 38.3 Å². The number of amides is 1. The van der Waals surface area contributed by atoms with E-state index in [1.165, 1.54) is 4.88 Å². The van der Waals surface area contributed by atoms with Crippen LogP contribution in [0.2, 0.25) is 0 Å². The van der Waals surface area contributed by atoms with Crippen molar-refractivity contribution in [2.75, 3.05) is 13.7 Å². The summed E-state index contributed by atoms with van der Waals surface area (Å²) >= 11 is 1.67. The minimum absolute atomic E-state index is 0.108. The van der Waals surface area contributed by atoms with Crippen molar-refractivity contribution >= 4 is 17.2 Å². The predicted octanol–water partition coefficient (Wildman–Crippen LogP) is 3.74. The van der Waals surface area contributed by atoms with Crippen LogP contribution in [0.4, 0.5) is 0 Å². The van der Waals surface area contributed by atoms with E-state index < -0.39 is 0 Å². The van der Waals surface area contributed by atoms with Gasteiger partial charge in [-0.2, -0.15) is 0 Å². The summed E-state index contributed by atoms with van der Waals surface area (Å²) in [5, 5.41) is 5.06. The maximum absolute atomic E-state index is 12.8. The molecule has 1 heterocycles. The van der Waals surface area contributed by atoms with Crippen LogP contribution in [0.1, 0.15) is 36.1 Å². The summed E-state index contributed by atoms with van der Waals surface area (Å²) in [6, 6.07) is 11.7. The van der Waals surface area contributed by atoms with Gasteiger partial charge in [-0.1, -0.05) is 42.9 Å². The van der Waals surface area contributed by atoms with Gasteiger partial charge in [0.25, 0.3) is 0 Å². The number of thiophene rings is 1. The van der Waals surface area contributed by atoms with Crippen LogP contribution >= 0.6 is 11.3 Å². The molecule has 0 saturated heterocycles. The molecule has 1 fully saturated rings. The fraction of sp³-hybridized carbons (Fsp3) is 0.350. The van der Waals surface area contributed by atoms with E-state index in [9.17, 15) is 4.79 Å². The highest BCUT2D eigenvalue weighted by Crippen LogP contribution is 2.43. The third-order valence-electron chi connectivity index (χ3n) is 4.55. The van der Waals surface area contributed by atoms with Crippen LogP contribution in [0.15, 0.2) is 41.8 Å². The molecule has 0 aliphatic heterocycles. The third-order valence-corrected chi connectivity index (χ3v) is 5.63. The largest absolute Gasteiger partial charge is 0.495 e. The molecule has 1 aliphatic carbocycles. The van der Waals surface area contributed by atoms with Gasteiger partial charge in [0.1, 0.15) is 5.75 Å². The number of methoxy groups -OCH3 is 1. The summed E-state index contributed by atoms with van der Waals surface area (Å²) < 4.78 is 5.28. The number of hydrogen-bond acceptors (Lipinski definition) is 3. The highest BCUT2D eigenvalue weighted by Gasteiger charge is 2.43. The van der Waals surface area contributed by atoms with E-state index in [0.717, 1.165) is 37.0 Å². The van der Waals surface area contributed by atoms with Crippen LogP contribution in [-0.2, 0) is 10.2 Å². The zero-order valence-electron chi connectivity index (χ0n) is 13.8. The normalized spacial score (nSPS) is 15.4. The van der Waals surface area contributed by atoms with Crippen molar-refractivity contribution in [3.63, 3.8) is 0 Å². The second-order valence-electron chi connectivity index (χ2n) is 5.95. The molecule has 24 heavy (non-hydrogen) atoms. The van der Waals surface area contributed by atoms with Crippen molar-refractivity contribution in [2.24, 2.45) is 0 Å². The lowest BCUT2D eigenvalue weighted by Gasteiger charge is -2.26. The maximum atomic E-state index is 12.8. The average molecular weight is 339 g/mol. The Morgan fingerprint density at radius 2 is 2.04 bits per heavy atom. The third kappa shape index (κ3) is 3.32. The lowest BCUT2D eigenvalue weighted by molar-refractivity contribution is -0.126. The summed E-state index contributed by atoms with van der Waals surface area (Å²) in [6.07, 6.45) is 4.08. The summed E-state index contributed by atoms with van der Waals surface area (Å²) in [5.74, 6) is 6.97. The molecule has 1 amide bonds. The van der Waals surface area contributed by atoms with Crippen molar-refractivity contribution in [3.8, 4) is 17.6 Å². The molecule has 2 aromatic rings. The van der Waals surface area contributed by atoms with E-state index in [0.29, 0.717) is 6.54 Å². The van der Waals surface area contributed by atoms with Crippen molar-refractivity contribution in [1.82, 2.24) is 5.32 Å². The molecule has 1 N–H and O–H groups in total. The quantitative estimate of drug-likeness (QED) is 0.862. The Kier molecular flexibility index (Phi) is 5.22. The van der Waals surface area contributed by atoms with E-state index in [2.05, 4.69) is 23.2 Å². The molecule has 3 nitrogen and oxygen atoms in total. The molecule has 0 bridgehead atoms. The van der Waals surface area contributed by atoms with Gasteiger partial charge < -0.3 is 10.1 Å². The van der Waals surface area contributed by atoms with E-state index in [-0.39, 0.29) is 11.3 Å². The Hall–Kier alpha value is -2.25. The molecule has 0 unspecified atom stereocenters. The fourth-order valence-corrected chi connectivity index (χ4v) is 4.28. The van der Waals surface area contributed by atoms with Crippen LogP contribution in [-0.4, -0.2) is 19.6 Å². The first-order chi connectivity index (χ1) is 11.8. The molecule has 1 aromatic heterocycles. The Morgan fingerprint density at radius 3 is 2.75 bits per heavy atom. The van der Waals surface area contributed by atoms with Gasteiger partial charge in [0.15, 0.2) is 0 Å². The molecule has 1 aliphatic rings. The smallest absolute Gasteiger partial charge is 0.232 e. The summed E-state index contributed by atoms with van der Waals surface area (Å²) in [4.78, 5) is 14.0. The molecule has 1 aromatic carbocycles. The maximum Gasteiger partial charge on any atom is 0.232 e. The van der Waals surface area contributed by atoms with Crippen molar-refractivity contribution < 1.29 is 9.53 Å². The van der Waals surface area contributed by atoms with Crippen molar-refractivity contribution in [3.05, 3.63) is 52.2 Å². The predicted molar refractivity (Wildman–Crippen MR) is 97.3 cm³/mol. The second kappa shape index (κ2) is 7.55. The second-order valence-corrected chi connectivity index (χ2v) is 6.90. The Balaban J connectivity index is 1.67. The molecule has 1 saturated carbocycles. The monoisotopic (exact) mass is 339 g/mol. The average Bonchev–Trinajstić information content (AvgIpc) is 3.30. The van der Waals surface area contributed by atoms with Crippen LogP contribution in [0.5, 0.6) is 5.75 Å². The molecular formula is C20H21NO2S. The fourth-order valence-electron chi connectivity index (χ4n) is 3.30. The van der Waals surface area contributed by atoms with Gasteiger partial charge in [-0.15, -0.1) is 11.3 Å². The number of nitrogens with one attached hydrogen (secondary N) is 1. The van der Waals surface area contributed by atoms with Crippen molar-refractivity contribution in [2.45, 2.75) is 31.1 Å². The van der Waals surface area contributed by atoms with Crippen LogP contribution in [0.25, 0.3) is 0 Å². The van der Waals surface area contributed by atoms with Gasteiger partial charge >= 0.3 is 0 Å². The zero-order chi connectivity index (χ0) is 16.8. The SMILES string of the molecule is COc1ccccc1C#CCNC(=O)C1(c2cccs2)CCCC1. The summed E-state index contributed by atoms with van der Waals surface area (Å²) in [7, 11) is 1.63. The number of ether oxygens (including phenoxy) is 1. The van der Waals surface area contributed by atoms with Crippen molar-refractivity contribution in [1.29, 1.82) is 0 Å². The molecule has 3 rings (SSSR count). The van der Waals surface area contributed by atoms with Gasteiger partial charge in [-0.3, -0.25) is 4.79 Å². The summed E-state index contributed by atoms with van der Waals surface area (Å²) in [6.45, 7) is 0.351. The molecule has 0 atom stereocenters. The zero-order valence-corrected chi connectivity index (χ0v) is 14.6. The van der Waals surface area contributed by atoms with Gasteiger partial charge in [-0.05, 0) is 36.4 Å². The number of para-hydroxylation sites is 1. The Morgan fingerprint density at radius 1 is 1.25 bits per heavy atom. The van der Waals surface area contributed by atoms with Gasteiger partial charge in [-0.25, -0.2) is 0 Å². The first-order valence-corrected chi connectivity index (χ1v) is 9.08. The number of carbonyl (C=O) groups is 1. The Labute approximate surface area is 147 Å². The van der Waals surface area contributed by atoms with Crippen LogP contribution < -0.4 is 10.1 Å². The summed E-state index contributed by atoms with van der Waals surface area (Å²) in [5.41, 5.74) is 0.489. The van der Waals surface area contributed by atoms with E-state index >= 15 is 0 Å². The highest BCUT2D eigenvalue weighted by atomic mass is 32.1. The van der Waals surface area contributed by atoms with Gasteiger partial charge in [0.2, 0.25) is 5.91 Å². The lowest BCUT2D eigenvalue weighted by atomic mass is 9.83. The molecule has 0 spiro atoms. The first-order valence-electron chi connectivity index (χ1n) is 8.20. The Bertz CT molecular complexity index is 749. The number of carbonyl (C=O) groups excluding carboxylic acids is 1. The van der Waals surface area contributed by atoms with Crippen LogP contribution in [0, 0.1) is 11.8 Å². The first kappa shape index (κ1) is 16.6. The van der Waals surface area contributed by atoms with E-state index in [1.807, 2.05) is 35.7 Å². The standard InChI is InChI=1S/C20H21NO2S/c1-23-17-10-3-2-8-16(17)9-6-14-21-19(22)20(12-4-5-13-20)18-11-7-15-24-18/h2-3,7-8,10-11,15H,4-5,12-14H2,1H3,(H,21,22). The number of rotatable bonds is 4. The molecular weight excluding hydrogens is 318 g/mol. The van der Waals surface area contributed by atoms with Crippen LogP contribution in [0.3, 0.4) is 0 Å². The lowest BCUT2D eigenvalue weighted by Crippen LogP contribution is -2.42. The highest BCUT2D eigenvalue weighted by molar-refractivity contribution is 7.10. The van der Waals surface area contributed by atoms with E-state index in [1.54, 1.807) is 18.4 Å². The minimum atomic E-state index is -0.347. The number of benzene rings is 1. The molecule has 0 radical (unpaired) electrons. The molecule has 124 valence electrons. The number of hydrogen-bond donors (Lipinski definition) is 1. The molecule has 4 heteroatoms. The van der Waals surface area contributed by atoms with Gasteiger partial charge in [0.05, 0.1) is 24.6 Å².